The maximum atomic E-state index is 11.2. The molecule has 1 heterocycles. The van der Waals surface area contributed by atoms with E-state index < -0.39 is 12.1 Å². The van der Waals surface area contributed by atoms with Crippen LogP contribution in [0.4, 0.5) is 0 Å². The summed E-state index contributed by atoms with van der Waals surface area (Å²) in [5.41, 5.74) is 8.50. The van der Waals surface area contributed by atoms with E-state index in [2.05, 4.69) is 10.0 Å². The molecule has 1 saturated heterocycles. The molecule has 0 saturated carbocycles. The lowest BCUT2D eigenvalue weighted by Gasteiger charge is -2.37. The summed E-state index contributed by atoms with van der Waals surface area (Å²) in [5.74, 6) is -0.379. The van der Waals surface area contributed by atoms with Gasteiger partial charge in [-0.15, -0.1) is 0 Å². The van der Waals surface area contributed by atoms with Crippen LogP contribution in [0.1, 0.15) is 20.3 Å². The molecule has 21 heavy (non-hydrogen) atoms. The van der Waals surface area contributed by atoms with E-state index in [-0.39, 0.29) is 17.5 Å². The first-order chi connectivity index (χ1) is 10.1. The first kappa shape index (κ1) is 15.7. The summed E-state index contributed by atoms with van der Waals surface area (Å²) in [7, 11) is 0. The van der Waals surface area contributed by atoms with E-state index in [1.807, 2.05) is 37.3 Å². The highest BCUT2D eigenvalue weighted by Crippen LogP contribution is 2.34. The Hall–Kier alpha value is -1.69. The van der Waals surface area contributed by atoms with Gasteiger partial charge in [-0.05, 0) is 24.6 Å². The van der Waals surface area contributed by atoms with Gasteiger partial charge in [0.2, 0.25) is 0 Å². The van der Waals surface area contributed by atoms with Crippen LogP contribution in [0.15, 0.2) is 40.3 Å². The second-order valence-corrected chi connectivity index (χ2v) is 6.01. The molecule has 7 heteroatoms. The van der Waals surface area contributed by atoms with Gasteiger partial charge in [0.05, 0.1) is 6.10 Å². The Balaban J connectivity index is 2.09. The highest BCUT2D eigenvalue weighted by Gasteiger charge is 2.38. The van der Waals surface area contributed by atoms with Gasteiger partial charge in [0.15, 0.2) is 0 Å². The number of esters is 1. The van der Waals surface area contributed by atoms with Crippen LogP contribution in [-0.2, 0) is 14.3 Å². The molecule has 0 amide bonds. The largest absolute Gasteiger partial charge is 0.462 e. The van der Waals surface area contributed by atoms with Crippen molar-refractivity contribution in [1.82, 2.24) is 0 Å². The number of thioether (sulfide) groups is 1. The predicted molar refractivity (Wildman–Crippen MR) is 79.7 cm³/mol. The summed E-state index contributed by atoms with van der Waals surface area (Å²) in [6, 6.07) is 9.37. The average Bonchev–Trinajstić information content (AvgIpc) is 2.43. The highest BCUT2D eigenvalue weighted by molar-refractivity contribution is 7.99. The lowest BCUT2D eigenvalue weighted by molar-refractivity contribution is -0.156. The van der Waals surface area contributed by atoms with Gasteiger partial charge in [0.1, 0.15) is 17.6 Å². The van der Waals surface area contributed by atoms with Gasteiger partial charge >= 0.3 is 5.97 Å². The minimum absolute atomic E-state index is 0.142. The Morgan fingerprint density at radius 1 is 1.48 bits per heavy atom. The van der Waals surface area contributed by atoms with E-state index >= 15 is 0 Å². The van der Waals surface area contributed by atoms with Crippen molar-refractivity contribution in [1.29, 1.82) is 0 Å². The van der Waals surface area contributed by atoms with Crippen LogP contribution < -0.4 is 0 Å². The van der Waals surface area contributed by atoms with Gasteiger partial charge < -0.3 is 9.47 Å². The first-order valence-electron chi connectivity index (χ1n) is 6.68. The summed E-state index contributed by atoms with van der Waals surface area (Å²) in [6.45, 7) is 3.18. The van der Waals surface area contributed by atoms with Crippen LogP contribution in [0.3, 0.4) is 0 Å². The summed E-state index contributed by atoms with van der Waals surface area (Å²) in [5, 5.41) is 3.71. The Labute approximate surface area is 127 Å². The van der Waals surface area contributed by atoms with E-state index in [0.717, 1.165) is 4.90 Å². The number of hydrogen-bond acceptors (Lipinski definition) is 5. The molecule has 0 aromatic heterocycles. The summed E-state index contributed by atoms with van der Waals surface area (Å²) in [6.07, 6.45) is -0.267. The zero-order valence-electron chi connectivity index (χ0n) is 11.9. The van der Waals surface area contributed by atoms with Crippen LogP contribution in [0.25, 0.3) is 10.4 Å². The topological polar surface area (TPSA) is 84.3 Å². The van der Waals surface area contributed by atoms with Crippen LogP contribution >= 0.6 is 11.8 Å². The van der Waals surface area contributed by atoms with Crippen molar-refractivity contribution in [3.63, 3.8) is 0 Å². The Bertz CT molecular complexity index is 534. The summed E-state index contributed by atoms with van der Waals surface area (Å²) >= 11 is 1.57. The minimum atomic E-state index is -0.494. The number of benzene rings is 1. The lowest BCUT2D eigenvalue weighted by Crippen LogP contribution is -2.46. The molecule has 2 rings (SSSR count). The van der Waals surface area contributed by atoms with Crippen molar-refractivity contribution in [2.45, 2.75) is 48.8 Å². The van der Waals surface area contributed by atoms with E-state index in [1.165, 1.54) is 6.92 Å². The van der Waals surface area contributed by atoms with Gasteiger partial charge in [-0.2, -0.15) is 0 Å². The molecule has 1 fully saturated rings. The second kappa shape index (κ2) is 7.36. The van der Waals surface area contributed by atoms with Gasteiger partial charge in [0.25, 0.3) is 0 Å². The molecule has 0 bridgehead atoms. The smallest absolute Gasteiger partial charge is 0.302 e. The highest BCUT2D eigenvalue weighted by atomic mass is 32.2. The van der Waals surface area contributed by atoms with Crippen LogP contribution in [-0.4, -0.2) is 29.7 Å². The van der Waals surface area contributed by atoms with Crippen molar-refractivity contribution < 1.29 is 14.3 Å². The van der Waals surface area contributed by atoms with Crippen LogP contribution in [0, 0.1) is 0 Å². The van der Waals surface area contributed by atoms with Crippen molar-refractivity contribution in [2.75, 3.05) is 0 Å². The number of rotatable bonds is 4. The van der Waals surface area contributed by atoms with Gasteiger partial charge in [-0.1, -0.05) is 35.1 Å². The quantitative estimate of drug-likeness (QED) is 0.368. The third kappa shape index (κ3) is 4.39. The number of azide groups is 1. The summed E-state index contributed by atoms with van der Waals surface area (Å²) < 4.78 is 11.2. The fraction of sp³-hybridized carbons (Fsp3) is 0.500. The second-order valence-electron chi connectivity index (χ2n) is 4.78. The monoisotopic (exact) mass is 307 g/mol. The van der Waals surface area contributed by atoms with Crippen molar-refractivity contribution >= 4 is 17.7 Å². The van der Waals surface area contributed by atoms with E-state index in [9.17, 15) is 4.79 Å². The molecule has 1 aromatic rings. The Morgan fingerprint density at radius 3 is 2.81 bits per heavy atom. The molecular formula is C14H17N3O3S. The van der Waals surface area contributed by atoms with Crippen molar-refractivity contribution in [2.24, 2.45) is 5.11 Å². The normalized spacial score (nSPS) is 28.5. The fourth-order valence-electron chi connectivity index (χ4n) is 2.29. The maximum Gasteiger partial charge on any atom is 0.302 e. The molecule has 1 aliphatic heterocycles. The molecule has 0 unspecified atom stereocenters. The number of carbonyl (C=O) groups excluding carboxylic acids is 1. The molecule has 1 aliphatic rings. The van der Waals surface area contributed by atoms with Crippen molar-refractivity contribution in [3.8, 4) is 0 Å². The predicted octanol–water partition coefficient (Wildman–Crippen LogP) is 3.52. The molecule has 0 radical (unpaired) electrons. The molecule has 6 nitrogen and oxygen atoms in total. The Kier molecular flexibility index (Phi) is 5.50. The van der Waals surface area contributed by atoms with E-state index in [1.54, 1.807) is 11.8 Å². The third-order valence-electron chi connectivity index (χ3n) is 3.17. The van der Waals surface area contributed by atoms with Gasteiger partial charge in [-0.3, -0.25) is 4.79 Å². The van der Waals surface area contributed by atoms with Crippen LogP contribution in [0.2, 0.25) is 0 Å². The lowest BCUT2D eigenvalue weighted by atomic mass is 10.0. The Morgan fingerprint density at radius 2 is 2.19 bits per heavy atom. The summed E-state index contributed by atoms with van der Waals surface area (Å²) in [4.78, 5) is 15.1. The first-order valence-corrected chi connectivity index (χ1v) is 7.56. The number of carbonyl (C=O) groups is 1. The minimum Gasteiger partial charge on any atom is -0.462 e. The van der Waals surface area contributed by atoms with Gasteiger partial charge in [-0.25, -0.2) is 0 Å². The van der Waals surface area contributed by atoms with E-state index in [4.69, 9.17) is 15.0 Å². The standard InChI is InChI=1S/C14H17N3O3S/c1-9-14(16-17-15)12(20-10(2)18)8-13(19-9)21-11-6-4-3-5-7-11/h3-7,9,12-14H,8H2,1-2H3/t9-,12-,13-,14-/m0/s1. The molecular weight excluding hydrogens is 290 g/mol. The molecule has 112 valence electrons. The van der Waals surface area contributed by atoms with Crippen LogP contribution in [0.5, 0.6) is 0 Å². The molecule has 4 atom stereocenters. The zero-order valence-corrected chi connectivity index (χ0v) is 12.7. The van der Waals surface area contributed by atoms with Gasteiger partial charge in [0, 0.05) is 23.2 Å². The number of ether oxygens (including phenoxy) is 2. The maximum absolute atomic E-state index is 11.2. The molecule has 0 aliphatic carbocycles. The molecule has 0 spiro atoms. The molecule has 0 N–H and O–H groups in total. The van der Waals surface area contributed by atoms with E-state index in [0.29, 0.717) is 6.42 Å². The third-order valence-corrected chi connectivity index (χ3v) is 4.28. The molecule has 1 aromatic carbocycles. The van der Waals surface area contributed by atoms with Crippen molar-refractivity contribution in [3.05, 3.63) is 40.8 Å². The SMILES string of the molecule is CC(=O)O[C@H]1C[C@H](Sc2ccccc2)O[C@@H](C)[C@@H]1N=[N+]=[N-]. The number of hydrogen-bond donors (Lipinski definition) is 0. The zero-order chi connectivity index (χ0) is 15.2. The average molecular weight is 307 g/mol. The number of nitrogens with zero attached hydrogens (tertiary/aromatic N) is 3. The fourth-order valence-corrected chi connectivity index (χ4v) is 3.43.